The smallest absolute Gasteiger partial charge is 0.383 e. The Morgan fingerprint density at radius 2 is 1.87 bits per heavy atom. The maximum Gasteiger partial charge on any atom is 0.458 e. The molecule has 0 unspecified atom stereocenters. The van der Waals surface area contributed by atoms with Gasteiger partial charge in [0.15, 0.2) is 0 Å². The summed E-state index contributed by atoms with van der Waals surface area (Å²) in [5.41, 5.74) is 0. The molecule has 4 heteroatoms. The van der Waals surface area contributed by atoms with Crippen LogP contribution in [0.4, 0.5) is 0 Å². The molecule has 0 fully saturated rings. The van der Waals surface area contributed by atoms with E-state index in [-0.39, 0.29) is 0 Å². The Labute approximate surface area is 94.4 Å². The van der Waals surface area contributed by atoms with E-state index in [1.165, 1.54) is 18.0 Å². The van der Waals surface area contributed by atoms with Crippen LogP contribution in [0.15, 0.2) is 11.3 Å². The summed E-state index contributed by atoms with van der Waals surface area (Å²) in [4.78, 5) is 0. The quantitative estimate of drug-likeness (QED) is 0.652. The molecule has 1 aliphatic carbocycles. The monoisotopic (exact) mass is 229 g/mol. The normalized spacial score (nSPS) is 17.3. The first-order valence-corrected chi connectivity index (χ1v) is 7.56. The highest BCUT2D eigenvalue weighted by Gasteiger charge is 2.46. The number of rotatable bonds is 6. The molecule has 1 rings (SSSR count). The molecule has 0 saturated carbocycles. The van der Waals surface area contributed by atoms with Gasteiger partial charge in [0.1, 0.15) is 0 Å². The summed E-state index contributed by atoms with van der Waals surface area (Å²) >= 11 is 0. The van der Waals surface area contributed by atoms with Crippen LogP contribution in [0.1, 0.15) is 33.1 Å². The molecule has 0 bridgehead atoms. The van der Waals surface area contributed by atoms with Crippen LogP contribution >= 0.6 is 0 Å². The van der Waals surface area contributed by atoms with Crippen molar-refractivity contribution in [3.63, 3.8) is 0 Å². The van der Waals surface area contributed by atoms with Crippen LogP contribution in [0, 0.1) is 0 Å². The van der Waals surface area contributed by atoms with Crippen molar-refractivity contribution in [2.45, 2.75) is 33.1 Å². The average molecular weight is 229 g/mol. The lowest BCUT2D eigenvalue weighted by Crippen LogP contribution is -2.59. The molecule has 0 saturated heterocycles. The van der Waals surface area contributed by atoms with Gasteiger partial charge >= 0.3 is 8.72 Å². The van der Waals surface area contributed by atoms with Crippen molar-refractivity contribution in [1.82, 2.24) is 4.57 Å². The van der Waals surface area contributed by atoms with Crippen molar-refractivity contribution < 1.29 is 8.85 Å². The molecule has 0 amide bonds. The minimum Gasteiger partial charge on any atom is -0.383 e. The lowest BCUT2D eigenvalue weighted by Gasteiger charge is -2.37. The SMILES string of the molecule is CCN(CC)[Si](OC)(OC)C1=CCCC1. The summed E-state index contributed by atoms with van der Waals surface area (Å²) in [5.74, 6) is 0. The molecule has 1 aliphatic rings. The predicted octanol–water partition coefficient (Wildman–Crippen LogP) is 2.21. The van der Waals surface area contributed by atoms with E-state index in [9.17, 15) is 0 Å². The molecular weight excluding hydrogens is 206 g/mol. The van der Waals surface area contributed by atoms with E-state index in [0.29, 0.717) is 0 Å². The average Bonchev–Trinajstić information content (AvgIpc) is 2.80. The summed E-state index contributed by atoms with van der Waals surface area (Å²) in [6.45, 7) is 6.31. The molecule has 0 aliphatic heterocycles. The van der Waals surface area contributed by atoms with Crippen LogP contribution in [0.2, 0.25) is 0 Å². The minimum atomic E-state index is -2.25. The predicted molar refractivity (Wildman–Crippen MR) is 64.6 cm³/mol. The number of hydrogen-bond acceptors (Lipinski definition) is 3. The molecule has 0 aromatic rings. The Morgan fingerprint density at radius 1 is 1.27 bits per heavy atom. The van der Waals surface area contributed by atoms with Crippen LogP contribution in [0.25, 0.3) is 0 Å². The highest BCUT2D eigenvalue weighted by atomic mass is 28.4. The van der Waals surface area contributed by atoms with Crippen molar-refractivity contribution in [3.8, 4) is 0 Å². The topological polar surface area (TPSA) is 21.7 Å². The van der Waals surface area contributed by atoms with E-state index < -0.39 is 8.72 Å². The fourth-order valence-corrected chi connectivity index (χ4v) is 5.75. The zero-order valence-electron chi connectivity index (χ0n) is 10.4. The summed E-state index contributed by atoms with van der Waals surface area (Å²) in [5, 5.41) is 1.41. The minimum absolute atomic E-state index is 0.988. The summed E-state index contributed by atoms with van der Waals surface area (Å²) in [7, 11) is 1.32. The van der Waals surface area contributed by atoms with Crippen molar-refractivity contribution in [1.29, 1.82) is 0 Å². The van der Waals surface area contributed by atoms with Crippen molar-refractivity contribution >= 4 is 8.72 Å². The lowest BCUT2D eigenvalue weighted by molar-refractivity contribution is 0.177. The Balaban J connectivity index is 2.94. The lowest BCUT2D eigenvalue weighted by atomic mass is 10.4. The largest absolute Gasteiger partial charge is 0.458 e. The van der Waals surface area contributed by atoms with Crippen LogP contribution in [-0.2, 0) is 8.85 Å². The van der Waals surface area contributed by atoms with Crippen molar-refractivity contribution in [2.24, 2.45) is 0 Å². The number of allylic oxidation sites excluding steroid dienone is 2. The van der Waals surface area contributed by atoms with Gasteiger partial charge in [0.25, 0.3) is 0 Å². The fourth-order valence-electron chi connectivity index (χ4n) is 2.40. The summed E-state index contributed by atoms with van der Waals surface area (Å²) in [6.07, 6.45) is 5.89. The number of nitrogens with zero attached hydrogens (tertiary/aromatic N) is 1. The molecule has 15 heavy (non-hydrogen) atoms. The van der Waals surface area contributed by atoms with Gasteiger partial charge in [-0.1, -0.05) is 19.9 Å². The summed E-state index contributed by atoms with van der Waals surface area (Å²) in [6, 6.07) is 0. The highest BCUT2D eigenvalue weighted by molar-refractivity contribution is 6.72. The van der Waals surface area contributed by atoms with Crippen molar-refractivity contribution in [2.75, 3.05) is 27.3 Å². The van der Waals surface area contributed by atoms with Gasteiger partial charge in [-0.2, -0.15) is 0 Å². The van der Waals surface area contributed by atoms with E-state index in [1.807, 2.05) is 0 Å². The van der Waals surface area contributed by atoms with Crippen LogP contribution in [0.3, 0.4) is 0 Å². The van der Waals surface area contributed by atoms with E-state index in [4.69, 9.17) is 8.85 Å². The summed E-state index contributed by atoms with van der Waals surface area (Å²) < 4.78 is 13.9. The first-order chi connectivity index (χ1) is 7.25. The van der Waals surface area contributed by atoms with Gasteiger partial charge in [-0.3, -0.25) is 4.57 Å². The molecule has 0 aromatic carbocycles. The van der Waals surface area contributed by atoms with E-state index >= 15 is 0 Å². The molecule has 0 atom stereocenters. The third-order valence-corrected chi connectivity index (χ3v) is 7.02. The standard InChI is InChI=1S/C11H23NO2Si/c1-5-12(6-2)15(13-3,14-4)11-9-7-8-10-11/h9H,5-8,10H2,1-4H3. The van der Waals surface area contributed by atoms with Gasteiger partial charge in [-0.25, -0.2) is 0 Å². The third kappa shape index (κ3) is 2.33. The van der Waals surface area contributed by atoms with Gasteiger partial charge in [0.05, 0.1) is 0 Å². The molecule has 0 heterocycles. The molecule has 0 N–H and O–H groups in total. The van der Waals surface area contributed by atoms with Crippen LogP contribution in [0.5, 0.6) is 0 Å². The van der Waals surface area contributed by atoms with Gasteiger partial charge in [-0.15, -0.1) is 0 Å². The zero-order valence-corrected chi connectivity index (χ0v) is 11.4. The molecular formula is C11H23NO2Si. The van der Waals surface area contributed by atoms with Gasteiger partial charge in [0, 0.05) is 14.2 Å². The second-order valence-electron chi connectivity index (χ2n) is 3.78. The second kappa shape index (κ2) is 5.79. The fraction of sp³-hybridized carbons (Fsp3) is 0.818. The Bertz CT molecular complexity index is 223. The van der Waals surface area contributed by atoms with Crippen LogP contribution in [-0.4, -0.2) is 40.6 Å². The molecule has 0 aromatic heterocycles. The molecule has 0 spiro atoms. The Morgan fingerprint density at radius 3 is 2.20 bits per heavy atom. The van der Waals surface area contributed by atoms with E-state index in [0.717, 1.165) is 19.5 Å². The molecule has 0 radical (unpaired) electrons. The van der Waals surface area contributed by atoms with Crippen LogP contribution < -0.4 is 0 Å². The second-order valence-corrected chi connectivity index (χ2v) is 7.04. The molecule has 3 nitrogen and oxygen atoms in total. The van der Waals surface area contributed by atoms with E-state index in [2.05, 4.69) is 24.5 Å². The van der Waals surface area contributed by atoms with E-state index in [1.54, 1.807) is 14.2 Å². The van der Waals surface area contributed by atoms with Gasteiger partial charge in [0.2, 0.25) is 0 Å². The zero-order chi connectivity index (χ0) is 11.3. The van der Waals surface area contributed by atoms with Gasteiger partial charge < -0.3 is 8.85 Å². The Kier molecular flexibility index (Phi) is 4.98. The maximum atomic E-state index is 5.79. The van der Waals surface area contributed by atoms with Gasteiger partial charge in [-0.05, 0) is 37.5 Å². The third-order valence-electron chi connectivity index (χ3n) is 3.18. The highest BCUT2D eigenvalue weighted by Crippen LogP contribution is 2.30. The number of hydrogen-bond donors (Lipinski definition) is 0. The maximum absolute atomic E-state index is 5.79. The Hall–Kier alpha value is -0.163. The first kappa shape index (κ1) is 12.9. The molecule has 88 valence electrons. The van der Waals surface area contributed by atoms with Crippen molar-refractivity contribution in [3.05, 3.63) is 11.3 Å². The first-order valence-electron chi connectivity index (χ1n) is 5.80.